The molecule has 0 radical (unpaired) electrons. The molecule has 4 heterocycles. The van der Waals surface area contributed by atoms with Crippen molar-refractivity contribution in [1.82, 2.24) is 19.1 Å². The highest BCUT2D eigenvalue weighted by Crippen LogP contribution is 2.63. The van der Waals surface area contributed by atoms with Crippen molar-refractivity contribution in [3.05, 3.63) is 58.1 Å². The molecule has 0 amide bonds. The number of aromatic nitrogens is 2. The SMILES string of the molecule is Cc1cn([C@H]2CC(O[P@@]3O[C@](C)(c4ccccc4)[C@@H]4CCCN43)[C@@H](CO)O2)c(=O)nc1N=CN(C)C. The molecule has 0 spiro atoms. The van der Waals surface area contributed by atoms with Crippen LogP contribution in [-0.2, 0) is 19.4 Å². The topological polar surface area (TPSA) is 102 Å². The molecule has 6 atom stereocenters. The van der Waals surface area contributed by atoms with Crippen molar-refractivity contribution in [2.45, 2.75) is 63.2 Å². The van der Waals surface area contributed by atoms with E-state index in [1.807, 2.05) is 39.2 Å². The molecule has 194 valence electrons. The third-order valence-corrected chi connectivity index (χ3v) is 8.98. The summed E-state index contributed by atoms with van der Waals surface area (Å²) in [4.78, 5) is 23.0. The van der Waals surface area contributed by atoms with Gasteiger partial charge >= 0.3 is 5.69 Å². The number of ether oxygens (including phenoxy) is 1. The number of hydrogen-bond donors (Lipinski definition) is 1. The molecule has 10 nitrogen and oxygen atoms in total. The first-order chi connectivity index (χ1) is 17.3. The van der Waals surface area contributed by atoms with Crippen LogP contribution in [0.4, 0.5) is 5.82 Å². The molecular formula is C25H34N5O5P. The van der Waals surface area contributed by atoms with E-state index in [9.17, 15) is 9.90 Å². The van der Waals surface area contributed by atoms with Gasteiger partial charge in [-0.05, 0) is 32.3 Å². The first-order valence-electron chi connectivity index (χ1n) is 12.3. The van der Waals surface area contributed by atoms with Crippen LogP contribution in [0.1, 0.15) is 43.5 Å². The van der Waals surface area contributed by atoms with E-state index in [0.717, 1.165) is 30.5 Å². The van der Waals surface area contributed by atoms with Crippen LogP contribution in [-0.4, -0.2) is 76.1 Å². The fourth-order valence-corrected chi connectivity index (χ4v) is 7.35. The second kappa shape index (κ2) is 10.3. The number of nitrogens with zero attached hydrogens (tertiary/aromatic N) is 5. The lowest BCUT2D eigenvalue weighted by molar-refractivity contribution is -0.0435. The van der Waals surface area contributed by atoms with E-state index in [2.05, 4.69) is 33.7 Å². The van der Waals surface area contributed by atoms with E-state index in [1.54, 1.807) is 17.4 Å². The van der Waals surface area contributed by atoms with E-state index >= 15 is 0 Å². The molecule has 36 heavy (non-hydrogen) atoms. The summed E-state index contributed by atoms with van der Waals surface area (Å²) in [5.74, 6) is 0.373. The van der Waals surface area contributed by atoms with Crippen LogP contribution < -0.4 is 5.69 Å². The minimum absolute atomic E-state index is 0.212. The minimum atomic E-state index is -1.34. The molecule has 1 aromatic heterocycles. The van der Waals surface area contributed by atoms with Gasteiger partial charge < -0.3 is 23.8 Å². The number of rotatable bonds is 7. The first kappa shape index (κ1) is 25.4. The van der Waals surface area contributed by atoms with Gasteiger partial charge in [0, 0.05) is 38.8 Å². The lowest BCUT2D eigenvalue weighted by atomic mass is 9.87. The van der Waals surface area contributed by atoms with Gasteiger partial charge in [0.2, 0.25) is 0 Å². The molecule has 3 aliphatic heterocycles. The largest absolute Gasteiger partial charge is 0.394 e. The number of hydrogen-bond acceptors (Lipinski definition) is 8. The van der Waals surface area contributed by atoms with E-state index in [-0.39, 0.29) is 12.6 Å². The molecule has 5 rings (SSSR count). The molecule has 0 saturated carbocycles. The Hall–Kier alpha value is -2.20. The summed E-state index contributed by atoms with van der Waals surface area (Å²) in [5, 5.41) is 10.1. The third-order valence-electron chi connectivity index (χ3n) is 7.10. The molecule has 3 aliphatic rings. The maximum absolute atomic E-state index is 12.8. The summed E-state index contributed by atoms with van der Waals surface area (Å²) >= 11 is 0. The van der Waals surface area contributed by atoms with Gasteiger partial charge in [0.15, 0.2) is 5.82 Å². The molecule has 3 saturated heterocycles. The molecule has 1 N–H and O–H groups in total. The fraction of sp³-hybridized carbons (Fsp3) is 0.560. The van der Waals surface area contributed by atoms with Crippen LogP contribution in [0.3, 0.4) is 0 Å². The molecule has 2 aromatic rings. The standard InChI is InChI=1S/C25H34N5O5P/c1-17-14-29(24(32)27-23(17)26-16-28(3)4)22-13-19(20(15-31)33-22)34-36-30-12-8-11-21(30)25(2,35-36)18-9-6-5-7-10-18/h5-7,9-10,14,16,19-22,31H,8,11-13,15H2,1-4H3/t19?,20-,21+,22-,25-,36+/m1/s1. The highest BCUT2D eigenvalue weighted by molar-refractivity contribution is 7.45. The lowest BCUT2D eigenvalue weighted by Crippen LogP contribution is -2.36. The summed E-state index contributed by atoms with van der Waals surface area (Å²) in [6, 6.07) is 10.5. The molecule has 0 aliphatic carbocycles. The molecular weight excluding hydrogens is 481 g/mol. The zero-order valence-electron chi connectivity index (χ0n) is 21.1. The average molecular weight is 516 g/mol. The highest BCUT2D eigenvalue weighted by atomic mass is 31.2. The predicted molar refractivity (Wildman–Crippen MR) is 137 cm³/mol. The van der Waals surface area contributed by atoms with Gasteiger partial charge in [-0.2, -0.15) is 4.98 Å². The zero-order chi connectivity index (χ0) is 25.4. The Morgan fingerprint density at radius 3 is 2.86 bits per heavy atom. The van der Waals surface area contributed by atoms with Crippen molar-refractivity contribution in [3.8, 4) is 0 Å². The Kier molecular flexibility index (Phi) is 7.27. The minimum Gasteiger partial charge on any atom is -0.394 e. The number of fused-ring (bicyclic) bond motifs is 1. The van der Waals surface area contributed by atoms with Gasteiger partial charge in [-0.15, -0.1) is 0 Å². The normalized spacial score (nSPS) is 32.4. The molecule has 3 fully saturated rings. The maximum atomic E-state index is 12.8. The second-order valence-electron chi connectivity index (χ2n) is 9.96. The molecule has 0 bridgehead atoms. The molecule has 11 heteroatoms. The quantitative estimate of drug-likeness (QED) is 0.341. The fourth-order valence-electron chi connectivity index (χ4n) is 5.21. The summed E-state index contributed by atoms with van der Waals surface area (Å²) < 4.78 is 23.0. The van der Waals surface area contributed by atoms with Gasteiger partial charge in [0.1, 0.15) is 17.9 Å². The van der Waals surface area contributed by atoms with Gasteiger partial charge in [0.25, 0.3) is 8.53 Å². The van der Waals surface area contributed by atoms with Crippen molar-refractivity contribution in [3.63, 3.8) is 0 Å². The Labute approximate surface area is 212 Å². The Bertz CT molecular complexity index is 1160. The van der Waals surface area contributed by atoms with E-state index in [1.165, 1.54) is 4.57 Å². The number of aliphatic hydroxyl groups excluding tert-OH is 1. The van der Waals surface area contributed by atoms with Gasteiger partial charge in [-0.3, -0.25) is 4.57 Å². The average Bonchev–Trinajstić information content (AvgIpc) is 3.57. The van der Waals surface area contributed by atoms with Crippen LogP contribution in [0.2, 0.25) is 0 Å². The van der Waals surface area contributed by atoms with Crippen molar-refractivity contribution in [2.75, 3.05) is 27.2 Å². The Morgan fingerprint density at radius 2 is 2.14 bits per heavy atom. The zero-order valence-corrected chi connectivity index (χ0v) is 22.0. The van der Waals surface area contributed by atoms with Crippen molar-refractivity contribution in [1.29, 1.82) is 0 Å². The van der Waals surface area contributed by atoms with E-state index in [4.69, 9.17) is 13.8 Å². The van der Waals surface area contributed by atoms with Crippen LogP contribution in [0.5, 0.6) is 0 Å². The Morgan fingerprint density at radius 1 is 1.36 bits per heavy atom. The number of benzene rings is 1. The Balaban J connectivity index is 1.34. The number of aryl methyl sites for hydroxylation is 1. The molecule has 1 unspecified atom stereocenters. The van der Waals surface area contributed by atoms with E-state index in [0.29, 0.717) is 12.2 Å². The van der Waals surface area contributed by atoms with Crippen LogP contribution in [0.15, 0.2) is 46.3 Å². The summed E-state index contributed by atoms with van der Waals surface area (Å²) in [6.07, 6.45) is 4.29. The summed E-state index contributed by atoms with van der Waals surface area (Å²) in [5.41, 5.74) is 0.980. The second-order valence-corrected chi connectivity index (χ2v) is 11.3. The van der Waals surface area contributed by atoms with Crippen molar-refractivity contribution in [2.24, 2.45) is 4.99 Å². The van der Waals surface area contributed by atoms with E-state index < -0.39 is 38.3 Å². The number of aliphatic hydroxyl groups is 1. The number of aliphatic imine (C=N–C) groups is 1. The summed E-state index contributed by atoms with van der Waals surface area (Å²) in [7, 11) is 2.36. The third kappa shape index (κ3) is 4.74. The van der Waals surface area contributed by atoms with Gasteiger partial charge in [-0.25, -0.2) is 14.5 Å². The van der Waals surface area contributed by atoms with Crippen LogP contribution in [0, 0.1) is 6.92 Å². The van der Waals surface area contributed by atoms with Gasteiger partial charge in [-0.1, -0.05) is 30.3 Å². The van der Waals surface area contributed by atoms with Crippen molar-refractivity contribution < 1.29 is 18.9 Å². The smallest absolute Gasteiger partial charge is 0.351 e. The predicted octanol–water partition coefficient (Wildman–Crippen LogP) is 3.08. The summed E-state index contributed by atoms with van der Waals surface area (Å²) in [6.45, 7) is 4.70. The molecule has 1 aromatic carbocycles. The highest BCUT2D eigenvalue weighted by Gasteiger charge is 2.56. The van der Waals surface area contributed by atoms with Crippen LogP contribution >= 0.6 is 8.53 Å². The monoisotopic (exact) mass is 515 g/mol. The van der Waals surface area contributed by atoms with Crippen molar-refractivity contribution >= 4 is 20.7 Å². The maximum Gasteiger partial charge on any atom is 0.351 e. The van der Waals surface area contributed by atoms with Gasteiger partial charge in [0.05, 0.1) is 25.1 Å². The first-order valence-corrected chi connectivity index (χ1v) is 13.5. The van der Waals surface area contributed by atoms with Crippen LogP contribution in [0.25, 0.3) is 0 Å². The lowest BCUT2D eigenvalue weighted by Gasteiger charge is -2.29.